The van der Waals surface area contributed by atoms with Crippen LogP contribution in [0.4, 0.5) is 34.1 Å². The lowest BCUT2D eigenvalue weighted by Crippen LogP contribution is -2.15. The fourth-order valence-corrected chi connectivity index (χ4v) is 9.19. The first-order valence-electron chi connectivity index (χ1n) is 20.6. The zero-order valence-corrected chi connectivity index (χ0v) is 33.6. The maximum Gasteiger partial charge on any atom is 0.145 e. The first-order valence-corrected chi connectivity index (χ1v) is 20.6. The molecule has 4 nitrogen and oxygen atoms in total. The molecule has 0 spiro atoms. The molecule has 0 bridgehead atoms. The molecule has 1 aromatic heterocycles. The second-order valence-electron chi connectivity index (χ2n) is 16.1. The summed E-state index contributed by atoms with van der Waals surface area (Å²) >= 11 is 0. The molecule has 0 amide bonds. The van der Waals surface area contributed by atoms with Gasteiger partial charge in [-0.2, -0.15) is 0 Å². The van der Waals surface area contributed by atoms with Gasteiger partial charge in [0.05, 0.1) is 11.0 Å². The summed E-state index contributed by atoms with van der Waals surface area (Å²) in [6.45, 7) is 4.71. The molecule has 0 radical (unpaired) electrons. The van der Waals surface area contributed by atoms with E-state index < -0.39 is 0 Å². The van der Waals surface area contributed by atoms with Crippen molar-refractivity contribution in [2.24, 2.45) is 0 Å². The van der Waals surface area contributed by atoms with Gasteiger partial charge in [0.25, 0.3) is 0 Å². The largest absolute Gasteiger partial charge is 0.310 e. The van der Waals surface area contributed by atoms with E-state index in [1.54, 1.807) is 0 Å². The lowest BCUT2D eigenvalue weighted by atomic mass is 9.82. The first kappa shape index (κ1) is 35.5. The number of fused-ring (bicyclic) bond motifs is 5. The van der Waals surface area contributed by atoms with Crippen molar-refractivity contribution in [3.8, 4) is 28.2 Å². The Hall–Kier alpha value is -7.69. The Morgan fingerprint density at radius 2 is 0.883 bits per heavy atom. The maximum atomic E-state index is 5.31. The Labute approximate surface area is 350 Å². The fraction of sp³-hybridized carbons (Fsp3) is 0.0536. The van der Waals surface area contributed by atoms with Crippen LogP contribution in [-0.4, -0.2) is 9.55 Å². The van der Waals surface area contributed by atoms with Gasteiger partial charge in [-0.1, -0.05) is 129 Å². The minimum absolute atomic E-state index is 0.199. The average Bonchev–Trinajstić information content (AvgIpc) is 3.78. The van der Waals surface area contributed by atoms with Gasteiger partial charge in [0.1, 0.15) is 5.82 Å². The van der Waals surface area contributed by atoms with E-state index in [1.165, 1.54) is 33.0 Å². The summed E-state index contributed by atoms with van der Waals surface area (Å²) in [7, 11) is 0. The maximum absolute atomic E-state index is 5.31. The van der Waals surface area contributed by atoms with Gasteiger partial charge in [-0.15, -0.1) is 0 Å². The molecule has 11 rings (SSSR count). The van der Waals surface area contributed by atoms with Crippen molar-refractivity contribution < 1.29 is 0 Å². The van der Waals surface area contributed by atoms with Gasteiger partial charge in [0.15, 0.2) is 0 Å². The van der Waals surface area contributed by atoms with Crippen molar-refractivity contribution in [2.45, 2.75) is 19.3 Å². The number of nitrogens with zero attached hydrogens (tertiary/aromatic N) is 4. The summed E-state index contributed by atoms with van der Waals surface area (Å²) in [5, 5.41) is 2.42. The van der Waals surface area contributed by atoms with Gasteiger partial charge in [0, 0.05) is 50.8 Å². The summed E-state index contributed by atoms with van der Waals surface area (Å²) < 4.78 is 2.32. The number of anilines is 6. The average molecular weight is 771 g/mol. The Kier molecular flexibility index (Phi) is 8.45. The van der Waals surface area contributed by atoms with E-state index in [4.69, 9.17) is 4.98 Å². The summed E-state index contributed by atoms with van der Waals surface area (Å²) in [5.74, 6) is 0.947. The van der Waals surface area contributed by atoms with Crippen LogP contribution in [-0.2, 0) is 5.41 Å². The molecule has 60 heavy (non-hydrogen) atoms. The van der Waals surface area contributed by atoms with Crippen LogP contribution in [0.3, 0.4) is 0 Å². The number of para-hydroxylation sites is 4. The second kappa shape index (κ2) is 14.3. The van der Waals surface area contributed by atoms with E-state index in [0.29, 0.717) is 0 Å². The van der Waals surface area contributed by atoms with Gasteiger partial charge in [0.2, 0.25) is 0 Å². The summed E-state index contributed by atoms with van der Waals surface area (Å²) in [6, 6.07) is 78.3. The molecular formula is C56H42N4. The van der Waals surface area contributed by atoms with Gasteiger partial charge >= 0.3 is 0 Å². The topological polar surface area (TPSA) is 24.3 Å². The highest BCUT2D eigenvalue weighted by atomic mass is 15.2. The Morgan fingerprint density at radius 1 is 0.400 bits per heavy atom. The molecule has 1 heterocycles. The number of benzene rings is 9. The zero-order valence-electron chi connectivity index (χ0n) is 33.6. The number of hydrogen-bond acceptors (Lipinski definition) is 3. The van der Waals surface area contributed by atoms with Crippen molar-refractivity contribution in [1.29, 1.82) is 0 Å². The number of imidazole rings is 1. The highest BCUT2D eigenvalue weighted by Crippen LogP contribution is 2.52. The van der Waals surface area contributed by atoms with E-state index in [-0.39, 0.29) is 5.41 Å². The SMILES string of the molecule is CC1(C)c2cc3ccc(N(c4ccccc4)c4cccc(N(c5ccccc5)c5ccccc5)c4)cc3cc2-c2cc3c(cc21)nc(-c1ccccc1)n3-c1ccccc1. The van der Waals surface area contributed by atoms with Crippen molar-refractivity contribution >= 4 is 55.9 Å². The Bertz CT molecular complexity index is 3120. The van der Waals surface area contributed by atoms with E-state index in [0.717, 1.165) is 62.2 Å². The van der Waals surface area contributed by atoms with Crippen LogP contribution in [0.2, 0.25) is 0 Å². The van der Waals surface area contributed by atoms with Crippen LogP contribution in [0.25, 0.3) is 50.0 Å². The van der Waals surface area contributed by atoms with Crippen LogP contribution in [0.1, 0.15) is 25.0 Å². The van der Waals surface area contributed by atoms with Gasteiger partial charge in [-0.25, -0.2) is 4.98 Å². The molecule has 0 fully saturated rings. The molecule has 1 aliphatic rings. The predicted octanol–water partition coefficient (Wildman–Crippen LogP) is 15.1. The minimum atomic E-state index is -0.199. The molecule has 1 aliphatic carbocycles. The molecule has 0 saturated carbocycles. The first-order chi connectivity index (χ1) is 29.5. The smallest absolute Gasteiger partial charge is 0.145 e. The van der Waals surface area contributed by atoms with Gasteiger partial charge in [-0.3, -0.25) is 4.57 Å². The monoisotopic (exact) mass is 770 g/mol. The van der Waals surface area contributed by atoms with Crippen LogP contribution in [0, 0.1) is 0 Å². The third-order valence-corrected chi connectivity index (χ3v) is 12.1. The molecule has 9 aromatic carbocycles. The predicted molar refractivity (Wildman–Crippen MR) is 251 cm³/mol. The van der Waals surface area contributed by atoms with Crippen LogP contribution in [0.5, 0.6) is 0 Å². The lowest BCUT2D eigenvalue weighted by molar-refractivity contribution is 0.662. The third-order valence-electron chi connectivity index (χ3n) is 12.1. The van der Waals surface area contributed by atoms with Crippen molar-refractivity contribution in [3.63, 3.8) is 0 Å². The fourth-order valence-electron chi connectivity index (χ4n) is 9.19. The van der Waals surface area contributed by atoms with Crippen molar-refractivity contribution in [2.75, 3.05) is 9.80 Å². The van der Waals surface area contributed by atoms with E-state index >= 15 is 0 Å². The molecular weight excluding hydrogens is 729 g/mol. The van der Waals surface area contributed by atoms with Crippen LogP contribution < -0.4 is 9.80 Å². The van der Waals surface area contributed by atoms with Gasteiger partial charge < -0.3 is 9.80 Å². The quantitative estimate of drug-likeness (QED) is 0.154. The molecule has 0 unspecified atom stereocenters. The van der Waals surface area contributed by atoms with Crippen molar-refractivity contribution in [1.82, 2.24) is 9.55 Å². The Morgan fingerprint density at radius 3 is 1.48 bits per heavy atom. The standard InChI is InChI=1S/C56H42N4/c1-56(2)51-35-40-31-32-48(59(44-25-14-6-15-26-44)47-30-18-29-46(36-47)58(42-21-10-4-11-22-42)43-23-12-5-13-24-43)33-41(40)34-49(51)50-37-54-53(38-52(50)56)57-55(39-19-8-3-9-20-39)60(54)45-27-16-7-17-28-45/h3-38H,1-2H3. The highest BCUT2D eigenvalue weighted by Gasteiger charge is 2.37. The number of aromatic nitrogens is 2. The molecule has 286 valence electrons. The van der Waals surface area contributed by atoms with Crippen molar-refractivity contribution in [3.05, 3.63) is 230 Å². The van der Waals surface area contributed by atoms with E-state index in [1.807, 2.05) is 0 Å². The number of rotatable bonds is 8. The Balaban J connectivity index is 1.06. The zero-order chi connectivity index (χ0) is 40.2. The molecule has 4 heteroatoms. The molecule has 10 aromatic rings. The normalized spacial score (nSPS) is 12.6. The third kappa shape index (κ3) is 5.96. The summed E-state index contributed by atoms with van der Waals surface area (Å²) in [4.78, 5) is 10.0. The second-order valence-corrected chi connectivity index (χ2v) is 16.1. The number of hydrogen-bond donors (Lipinski definition) is 0. The lowest BCUT2D eigenvalue weighted by Gasteiger charge is -2.29. The molecule has 0 N–H and O–H groups in total. The van der Waals surface area contributed by atoms with E-state index in [2.05, 4.69) is 247 Å². The molecule has 0 aliphatic heterocycles. The summed E-state index contributed by atoms with van der Waals surface area (Å²) in [5.41, 5.74) is 15.9. The van der Waals surface area contributed by atoms with Gasteiger partial charge in [-0.05, 0) is 136 Å². The van der Waals surface area contributed by atoms with Crippen LogP contribution in [0.15, 0.2) is 218 Å². The van der Waals surface area contributed by atoms with Crippen LogP contribution >= 0.6 is 0 Å². The molecule has 0 atom stereocenters. The minimum Gasteiger partial charge on any atom is -0.310 e. The summed E-state index contributed by atoms with van der Waals surface area (Å²) in [6.07, 6.45) is 0. The van der Waals surface area contributed by atoms with E-state index in [9.17, 15) is 0 Å². The molecule has 0 saturated heterocycles. The highest BCUT2D eigenvalue weighted by molar-refractivity contribution is 5.99.